The topological polar surface area (TPSA) is 73.6 Å². The molecule has 0 aliphatic carbocycles. The summed E-state index contributed by atoms with van der Waals surface area (Å²) in [5.41, 5.74) is 3.52. The van der Waals surface area contributed by atoms with Crippen LogP contribution in [0.5, 0.6) is 11.5 Å². The van der Waals surface area contributed by atoms with E-state index in [1.54, 1.807) is 6.20 Å². The Bertz CT molecular complexity index is 1140. The van der Waals surface area contributed by atoms with Crippen molar-refractivity contribution in [3.63, 3.8) is 0 Å². The second-order valence-corrected chi connectivity index (χ2v) is 6.22. The van der Waals surface area contributed by atoms with Crippen LogP contribution in [-0.2, 0) is 0 Å². The molecule has 0 bridgehead atoms. The highest BCUT2D eigenvalue weighted by atomic mass is 16.6. The molecule has 0 saturated heterocycles. The Morgan fingerprint density at radius 1 is 1.00 bits per heavy atom. The first-order chi connectivity index (χ1) is 13.3. The van der Waals surface area contributed by atoms with Crippen LogP contribution in [-0.4, -0.2) is 32.6 Å². The van der Waals surface area contributed by atoms with Gasteiger partial charge in [-0.25, -0.2) is 15.0 Å². The van der Waals surface area contributed by atoms with Gasteiger partial charge >= 0.3 is 0 Å². The monoisotopic (exact) mass is 359 g/mol. The molecule has 1 aliphatic rings. The van der Waals surface area contributed by atoms with Crippen molar-refractivity contribution in [2.24, 2.45) is 0 Å². The summed E-state index contributed by atoms with van der Waals surface area (Å²) < 4.78 is 13.2. The number of pyridine rings is 1. The maximum Gasteiger partial charge on any atom is 0.180 e. The molecule has 27 heavy (non-hydrogen) atoms. The van der Waals surface area contributed by atoms with Crippen molar-refractivity contribution in [2.45, 2.75) is 6.92 Å². The third kappa shape index (κ3) is 2.83. The lowest BCUT2D eigenvalue weighted by Crippen LogP contribution is -2.15. The van der Waals surface area contributed by atoms with Gasteiger partial charge in [0.2, 0.25) is 0 Å². The highest BCUT2D eigenvalue weighted by Crippen LogP contribution is 2.33. The normalized spacial score (nSPS) is 12.9. The van der Waals surface area contributed by atoms with Crippen molar-refractivity contribution in [3.05, 3.63) is 60.6 Å². The molecular formula is C20H17N5O2. The summed E-state index contributed by atoms with van der Waals surface area (Å²) in [6, 6.07) is 13.5. The number of nitrogens with zero attached hydrogens (tertiary/aromatic N) is 4. The minimum absolute atomic E-state index is 0.557. The lowest BCUT2D eigenvalue weighted by Gasteiger charge is -2.19. The quantitative estimate of drug-likeness (QED) is 0.602. The van der Waals surface area contributed by atoms with E-state index in [1.807, 2.05) is 60.0 Å². The molecule has 7 heteroatoms. The number of fused-ring (bicyclic) bond motifs is 2. The Kier molecular flexibility index (Phi) is 3.64. The van der Waals surface area contributed by atoms with Crippen LogP contribution in [0.3, 0.4) is 0 Å². The fourth-order valence-corrected chi connectivity index (χ4v) is 3.19. The number of rotatable bonds is 3. The minimum Gasteiger partial charge on any atom is -0.486 e. The molecule has 134 valence electrons. The lowest BCUT2D eigenvalue weighted by atomic mass is 10.2. The van der Waals surface area contributed by atoms with Gasteiger partial charge in [0.15, 0.2) is 17.3 Å². The van der Waals surface area contributed by atoms with Crippen LogP contribution in [0.1, 0.15) is 5.69 Å². The molecule has 1 aliphatic heterocycles. The number of aryl methyl sites for hydroxylation is 1. The van der Waals surface area contributed by atoms with E-state index in [0.717, 1.165) is 34.2 Å². The van der Waals surface area contributed by atoms with Gasteiger partial charge in [0.25, 0.3) is 0 Å². The smallest absolute Gasteiger partial charge is 0.180 e. The highest BCUT2D eigenvalue weighted by Gasteiger charge is 2.15. The predicted molar refractivity (Wildman–Crippen MR) is 102 cm³/mol. The zero-order valence-electron chi connectivity index (χ0n) is 14.7. The van der Waals surface area contributed by atoms with Crippen LogP contribution in [0, 0.1) is 6.92 Å². The molecular weight excluding hydrogens is 342 g/mol. The Hall–Kier alpha value is -3.61. The molecule has 0 unspecified atom stereocenters. The van der Waals surface area contributed by atoms with Gasteiger partial charge in [-0.15, -0.1) is 0 Å². The van der Waals surface area contributed by atoms with Gasteiger partial charge in [0, 0.05) is 24.1 Å². The van der Waals surface area contributed by atoms with Crippen molar-refractivity contribution in [3.8, 4) is 23.0 Å². The maximum absolute atomic E-state index is 5.64. The molecule has 0 saturated carbocycles. The minimum atomic E-state index is 0.557. The molecule has 0 radical (unpaired) electrons. The number of nitrogens with one attached hydrogen (secondary N) is 1. The number of imidazole rings is 1. The van der Waals surface area contributed by atoms with Gasteiger partial charge in [0.1, 0.15) is 30.4 Å². The van der Waals surface area contributed by atoms with Crippen molar-refractivity contribution in [2.75, 3.05) is 18.5 Å². The first kappa shape index (κ1) is 15.6. The van der Waals surface area contributed by atoms with Gasteiger partial charge in [0.05, 0.1) is 5.69 Å². The van der Waals surface area contributed by atoms with E-state index >= 15 is 0 Å². The van der Waals surface area contributed by atoms with Gasteiger partial charge in [-0.05, 0) is 37.3 Å². The van der Waals surface area contributed by atoms with E-state index in [2.05, 4.69) is 20.3 Å². The summed E-state index contributed by atoms with van der Waals surface area (Å²) in [4.78, 5) is 13.7. The van der Waals surface area contributed by atoms with E-state index < -0.39 is 0 Å². The fraction of sp³-hybridized carbons (Fsp3) is 0.150. The third-order valence-corrected chi connectivity index (χ3v) is 4.39. The number of benzene rings is 1. The van der Waals surface area contributed by atoms with Crippen LogP contribution in [0.25, 0.3) is 17.2 Å². The van der Waals surface area contributed by atoms with E-state index in [4.69, 9.17) is 9.47 Å². The van der Waals surface area contributed by atoms with Gasteiger partial charge in [-0.3, -0.25) is 4.40 Å². The van der Waals surface area contributed by atoms with E-state index in [-0.39, 0.29) is 0 Å². The SMILES string of the molecule is Cc1nc2ccccn2c1-c1nccc(Nc2ccc3c(c2)OCCO3)n1. The van der Waals surface area contributed by atoms with Crippen molar-refractivity contribution < 1.29 is 9.47 Å². The second kappa shape index (κ2) is 6.28. The molecule has 4 aromatic rings. The molecule has 4 heterocycles. The molecule has 3 aromatic heterocycles. The Morgan fingerprint density at radius 3 is 2.81 bits per heavy atom. The van der Waals surface area contributed by atoms with E-state index in [0.29, 0.717) is 24.9 Å². The zero-order valence-corrected chi connectivity index (χ0v) is 14.7. The molecule has 1 aromatic carbocycles. The molecule has 7 nitrogen and oxygen atoms in total. The van der Waals surface area contributed by atoms with Crippen LogP contribution >= 0.6 is 0 Å². The number of hydrogen-bond donors (Lipinski definition) is 1. The summed E-state index contributed by atoms with van der Waals surface area (Å²) in [5, 5.41) is 3.31. The zero-order chi connectivity index (χ0) is 18.2. The highest BCUT2D eigenvalue weighted by molar-refractivity contribution is 5.65. The summed E-state index contributed by atoms with van der Waals surface area (Å²) in [5.74, 6) is 2.81. The summed E-state index contributed by atoms with van der Waals surface area (Å²) in [6.07, 6.45) is 3.71. The van der Waals surface area contributed by atoms with Crippen LogP contribution in [0.2, 0.25) is 0 Å². The molecule has 0 amide bonds. The number of anilines is 2. The Labute approximate surface area is 155 Å². The van der Waals surface area contributed by atoms with Gasteiger partial charge < -0.3 is 14.8 Å². The van der Waals surface area contributed by atoms with Crippen LogP contribution < -0.4 is 14.8 Å². The van der Waals surface area contributed by atoms with Gasteiger partial charge in [-0.2, -0.15) is 0 Å². The van der Waals surface area contributed by atoms with E-state index in [1.165, 1.54) is 0 Å². The first-order valence-corrected chi connectivity index (χ1v) is 8.72. The predicted octanol–water partition coefficient (Wildman–Crippen LogP) is 3.61. The summed E-state index contributed by atoms with van der Waals surface area (Å²) in [7, 11) is 0. The van der Waals surface area contributed by atoms with Crippen molar-refractivity contribution in [1.82, 2.24) is 19.4 Å². The molecule has 0 spiro atoms. The van der Waals surface area contributed by atoms with Gasteiger partial charge in [-0.1, -0.05) is 6.07 Å². The molecule has 0 fully saturated rings. The number of hydrogen-bond acceptors (Lipinski definition) is 6. The van der Waals surface area contributed by atoms with E-state index in [9.17, 15) is 0 Å². The molecule has 0 atom stereocenters. The average molecular weight is 359 g/mol. The average Bonchev–Trinajstić information content (AvgIpc) is 3.04. The maximum atomic E-state index is 5.64. The second-order valence-electron chi connectivity index (χ2n) is 6.22. The summed E-state index contributed by atoms with van der Waals surface area (Å²) in [6.45, 7) is 3.10. The summed E-state index contributed by atoms with van der Waals surface area (Å²) >= 11 is 0. The van der Waals surface area contributed by atoms with Crippen LogP contribution in [0.4, 0.5) is 11.5 Å². The van der Waals surface area contributed by atoms with Crippen LogP contribution in [0.15, 0.2) is 54.9 Å². The van der Waals surface area contributed by atoms with Crippen molar-refractivity contribution in [1.29, 1.82) is 0 Å². The lowest BCUT2D eigenvalue weighted by molar-refractivity contribution is 0.171. The largest absolute Gasteiger partial charge is 0.486 e. The number of ether oxygens (including phenoxy) is 2. The molecule has 1 N–H and O–H groups in total. The Morgan fingerprint density at radius 2 is 1.89 bits per heavy atom. The number of aromatic nitrogens is 4. The Balaban J connectivity index is 1.50. The molecule has 5 rings (SSSR count). The van der Waals surface area contributed by atoms with Crippen molar-refractivity contribution >= 4 is 17.2 Å². The first-order valence-electron chi connectivity index (χ1n) is 8.72. The third-order valence-electron chi connectivity index (χ3n) is 4.39. The standard InChI is InChI=1S/C20H17N5O2/c1-13-19(25-9-3-2-4-18(25)22-13)20-21-8-7-17(24-20)23-14-5-6-15-16(12-14)27-11-10-26-15/h2-9,12H,10-11H2,1H3,(H,21,23,24). The fourth-order valence-electron chi connectivity index (χ4n) is 3.19.